The minimum atomic E-state index is -0.158. The van der Waals surface area contributed by atoms with E-state index in [0.29, 0.717) is 49.2 Å². The summed E-state index contributed by atoms with van der Waals surface area (Å²) in [6.45, 7) is 4.34. The molecule has 0 unspecified atom stereocenters. The first-order valence-corrected chi connectivity index (χ1v) is 9.35. The molecular weight excluding hydrogens is 374 g/mol. The first-order chi connectivity index (χ1) is 14.1. The van der Waals surface area contributed by atoms with Gasteiger partial charge in [0.15, 0.2) is 11.4 Å². The van der Waals surface area contributed by atoms with E-state index in [1.54, 1.807) is 24.0 Å². The van der Waals surface area contributed by atoms with Crippen LogP contribution in [-0.2, 0) is 9.59 Å². The van der Waals surface area contributed by atoms with Gasteiger partial charge in [0.1, 0.15) is 11.3 Å². The molecule has 3 aromatic rings. The van der Waals surface area contributed by atoms with Crippen LogP contribution in [0.2, 0.25) is 0 Å². The fraction of sp³-hybridized carbons (Fsp3) is 0.300. The van der Waals surface area contributed by atoms with Crippen molar-refractivity contribution in [3.63, 3.8) is 0 Å². The second-order valence-corrected chi connectivity index (χ2v) is 6.83. The van der Waals surface area contributed by atoms with E-state index >= 15 is 0 Å². The standard InChI is InChI=1S/C20H21N5O4/c1-14-12-17(23-29-14)22-18(26)13-24-8-10-25(11-9-24)20(27)7-6-19-21-15-4-2-3-5-16(15)28-19/h2-7,12H,8-11,13H2,1H3,(H,22,23,26). The van der Waals surface area contributed by atoms with Crippen molar-refractivity contribution >= 4 is 34.8 Å². The van der Waals surface area contributed by atoms with Gasteiger partial charge in [-0.15, -0.1) is 0 Å². The van der Waals surface area contributed by atoms with Crippen LogP contribution < -0.4 is 5.32 Å². The number of hydrogen-bond donors (Lipinski definition) is 1. The van der Waals surface area contributed by atoms with Crippen LogP contribution in [0.1, 0.15) is 11.7 Å². The van der Waals surface area contributed by atoms with Crippen LogP contribution in [0.5, 0.6) is 0 Å². The van der Waals surface area contributed by atoms with Gasteiger partial charge in [-0.05, 0) is 19.1 Å². The van der Waals surface area contributed by atoms with Crippen molar-refractivity contribution in [1.82, 2.24) is 19.9 Å². The maximum absolute atomic E-state index is 12.4. The van der Waals surface area contributed by atoms with E-state index < -0.39 is 0 Å². The predicted octanol–water partition coefficient (Wildman–Crippen LogP) is 1.92. The van der Waals surface area contributed by atoms with Crippen LogP contribution in [0.25, 0.3) is 17.2 Å². The highest BCUT2D eigenvalue weighted by molar-refractivity contribution is 5.92. The summed E-state index contributed by atoms with van der Waals surface area (Å²) in [6.07, 6.45) is 3.06. The zero-order valence-corrected chi connectivity index (χ0v) is 16.0. The van der Waals surface area contributed by atoms with Gasteiger partial charge >= 0.3 is 0 Å². The van der Waals surface area contributed by atoms with Crippen molar-refractivity contribution in [3.8, 4) is 0 Å². The fourth-order valence-corrected chi connectivity index (χ4v) is 3.15. The summed E-state index contributed by atoms with van der Waals surface area (Å²) >= 11 is 0. The Balaban J connectivity index is 1.25. The summed E-state index contributed by atoms with van der Waals surface area (Å²) in [6, 6.07) is 9.12. The third kappa shape index (κ3) is 4.69. The molecule has 2 amide bonds. The van der Waals surface area contributed by atoms with Gasteiger partial charge in [-0.1, -0.05) is 17.3 Å². The smallest absolute Gasteiger partial charge is 0.246 e. The summed E-state index contributed by atoms with van der Waals surface area (Å²) in [5.41, 5.74) is 1.44. The molecular formula is C20H21N5O4. The minimum Gasteiger partial charge on any atom is -0.437 e. The lowest BCUT2D eigenvalue weighted by atomic mass is 10.3. The van der Waals surface area contributed by atoms with Crippen molar-refractivity contribution in [1.29, 1.82) is 0 Å². The topological polar surface area (TPSA) is 105 Å². The molecule has 1 aliphatic rings. The molecule has 9 heteroatoms. The molecule has 0 aliphatic carbocycles. The summed E-state index contributed by atoms with van der Waals surface area (Å²) in [5.74, 6) is 1.19. The van der Waals surface area contributed by atoms with Crippen LogP contribution in [0.4, 0.5) is 5.82 Å². The van der Waals surface area contributed by atoms with Crippen molar-refractivity contribution < 1.29 is 18.5 Å². The molecule has 2 aromatic heterocycles. The van der Waals surface area contributed by atoms with Crippen molar-refractivity contribution in [2.75, 3.05) is 38.0 Å². The Labute approximate surface area is 166 Å². The third-order valence-corrected chi connectivity index (χ3v) is 4.63. The molecule has 150 valence electrons. The lowest BCUT2D eigenvalue weighted by Gasteiger charge is -2.33. The Hall–Kier alpha value is -3.46. The molecule has 1 N–H and O–H groups in total. The molecule has 3 heterocycles. The summed E-state index contributed by atoms with van der Waals surface area (Å²) in [5, 5.41) is 6.44. The average molecular weight is 395 g/mol. The number of aryl methyl sites for hydroxylation is 1. The minimum absolute atomic E-state index is 0.102. The first kappa shape index (κ1) is 18.9. The first-order valence-electron chi connectivity index (χ1n) is 9.35. The second-order valence-electron chi connectivity index (χ2n) is 6.83. The molecule has 1 saturated heterocycles. The highest BCUT2D eigenvalue weighted by Gasteiger charge is 2.21. The van der Waals surface area contributed by atoms with E-state index in [2.05, 4.69) is 15.5 Å². The second kappa shape index (κ2) is 8.27. The number of aromatic nitrogens is 2. The number of anilines is 1. The monoisotopic (exact) mass is 395 g/mol. The number of carbonyl (C=O) groups excluding carboxylic acids is 2. The summed E-state index contributed by atoms with van der Waals surface area (Å²) < 4.78 is 10.5. The van der Waals surface area contributed by atoms with E-state index in [1.807, 2.05) is 29.2 Å². The number of benzene rings is 1. The number of hydrogen-bond acceptors (Lipinski definition) is 7. The third-order valence-electron chi connectivity index (χ3n) is 4.63. The Bertz CT molecular complexity index is 1010. The van der Waals surface area contributed by atoms with Crippen molar-refractivity contribution in [3.05, 3.63) is 48.1 Å². The molecule has 1 aromatic carbocycles. The van der Waals surface area contributed by atoms with Gasteiger partial charge < -0.3 is 19.2 Å². The van der Waals surface area contributed by atoms with Gasteiger partial charge in [-0.2, -0.15) is 0 Å². The number of oxazole rings is 1. The van der Waals surface area contributed by atoms with Crippen LogP contribution >= 0.6 is 0 Å². The van der Waals surface area contributed by atoms with Crippen LogP contribution in [0.15, 0.2) is 45.3 Å². The van der Waals surface area contributed by atoms with Crippen LogP contribution in [0, 0.1) is 6.92 Å². The van der Waals surface area contributed by atoms with Gasteiger partial charge in [0.05, 0.1) is 6.54 Å². The highest BCUT2D eigenvalue weighted by atomic mass is 16.5. The maximum Gasteiger partial charge on any atom is 0.246 e. The Kier molecular flexibility index (Phi) is 5.39. The number of amides is 2. The van der Waals surface area contributed by atoms with Gasteiger partial charge in [0.2, 0.25) is 17.7 Å². The lowest BCUT2D eigenvalue weighted by Crippen LogP contribution is -2.50. The van der Waals surface area contributed by atoms with Crippen LogP contribution in [-0.4, -0.2) is 64.5 Å². The largest absolute Gasteiger partial charge is 0.437 e. The normalized spacial score (nSPS) is 15.3. The van der Waals surface area contributed by atoms with E-state index in [-0.39, 0.29) is 18.4 Å². The van der Waals surface area contributed by atoms with E-state index in [4.69, 9.17) is 8.94 Å². The Morgan fingerprint density at radius 2 is 2.00 bits per heavy atom. The Morgan fingerprint density at radius 1 is 1.21 bits per heavy atom. The van der Waals surface area contributed by atoms with Crippen molar-refractivity contribution in [2.24, 2.45) is 0 Å². The van der Waals surface area contributed by atoms with E-state index in [1.165, 1.54) is 6.08 Å². The maximum atomic E-state index is 12.4. The molecule has 0 atom stereocenters. The van der Waals surface area contributed by atoms with Gasteiger partial charge in [-0.25, -0.2) is 4.98 Å². The Morgan fingerprint density at radius 3 is 2.72 bits per heavy atom. The van der Waals surface area contributed by atoms with E-state index in [0.717, 1.165) is 5.52 Å². The molecule has 1 aliphatic heterocycles. The number of fused-ring (bicyclic) bond motifs is 1. The zero-order valence-electron chi connectivity index (χ0n) is 16.0. The highest BCUT2D eigenvalue weighted by Crippen LogP contribution is 2.15. The number of rotatable bonds is 5. The quantitative estimate of drug-likeness (QED) is 0.658. The molecule has 9 nitrogen and oxygen atoms in total. The fourth-order valence-electron chi connectivity index (χ4n) is 3.15. The SMILES string of the molecule is Cc1cc(NC(=O)CN2CCN(C(=O)C=Cc3nc4ccccc4o3)CC2)no1. The van der Waals surface area contributed by atoms with Crippen LogP contribution in [0.3, 0.4) is 0 Å². The number of carbonyl (C=O) groups is 2. The lowest BCUT2D eigenvalue weighted by molar-refractivity contribution is -0.127. The molecule has 0 radical (unpaired) electrons. The predicted molar refractivity (Wildman–Crippen MR) is 106 cm³/mol. The molecule has 0 spiro atoms. The zero-order chi connectivity index (χ0) is 20.2. The summed E-state index contributed by atoms with van der Waals surface area (Å²) in [7, 11) is 0. The average Bonchev–Trinajstić information content (AvgIpc) is 3.32. The van der Waals surface area contributed by atoms with Gasteiger partial charge in [-0.3, -0.25) is 14.5 Å². The van der Waals surface area contributed by atoms with Gasteiger partial charge in [0.25, 0.3) is 0 Å². The molecule has 4 rings (SSSR count). The molecule has 1 fully saturated rings. The summed E-state index contributed by atoms with van der Waals surface area (Å²) in [4.78, 5) is 32.6. The van der Waals surface area contributed by atoms with Crippen molar-refractivity contribution in [2.45, 2.75) is 6.92 Å². The van der Waals surface area contributed by atoms with Gasteiger partial charge in [0, 0.05) is 44.4 Å². The number of nitrogens with one attached hydrogen (secondary N) is 1. The molecule has 0 bridgehead atoms. The van der Waals surface area contributed by atoms with E-state index in [9.17, 15) is 9.59 Å². The number of para-hydroxylation sites is 2. The molecule has 0 saturated carbocycles. The number of nitrogens with zero attached hydrogens (tertiary/aromatic N) is 4. The molecule has 29 heavy (non-hydrogen) atoms. The number of piperazine rings is 1.